The lowest BCUT2D eigenvalue weighted by atomic mass is 10.1. The van der Waals surface area contributed by atoms with Crippen molar-refractivity contribution in [1.29, 1.82) is 0 Å². The Morgan fingerprint density at radius 2 is 2.15 bits per heavy atom. The van der Waals surface area contributed by atoms with Crippen molar-refractivity contribution in [2.75, 3.05) is 0 Å². The molecule has 20 heavy (non-hydrogen) atoms. The third-order valence-electron chi connectivity index (χ3n) is 2.87. The Bertz CT molecular complexity index is 632. The summed E-state index contributed by atoms with van der Waals surface area (Å²) in [5.74, 6) is 0.691. The van der Waals surface area contributed by atoms with E-state index in [-0.39, 0.29) is 5.69 Å². The number of aliphatic hydroxyl groups excluding tert-OH is 1. The van der Waals surface area contributed by atoms with Crippen molar-refractivity contribution in [2.45, 2.75) is 37.0 Å². The molecule has 1 aromatic heterocycles. The van der Waals surface area contributed by atoms with Gasteiger partial charge in [0.25, 0.3) is 10.9 Å². The smallest absolute Gasteiger partial charge is 0.283 e. The van der Waals surface area contributed by atoms with Crippen molar-refractivity contribution in [3.63, 3.8) is 0 Å². The maximum Gasteiger partial charge on any atom is 0.283 e. The van der Waals surface area contributed by atoms with Gasteiger partial charge >= 0.3 is 0 Å². The number of oxazole rings is 1. The second kappa shape index (κ2) is 5.64. The van der Waals surface area contributed by atoms with Gasteiger partial charge in [-0.1, -0.05) is 6.07 Å². The Balaban J connectivity index is 2.38. The summed E-state index contributed by atoms with van der Waals surface area (Å²) in [6, 6.07) is 4.62. The molecule has 1 atom stereocenters. The lowest BCUT2D eigenvalue weighted by molar-refractivity contribution is -0.387. The normalized spacial score (nSPS) is 12.4. The van der Waals surface area contributed by atoms with Crippen LogP contribution in [0.25, 0.3) is 0 Å². The molecule has 2 rings (SSSR count). The molecule has 0 aliphatic rings. The molecule has 106 valence electrons. The summed E-state index contributed by atoms with van der Waals surface area (Å²) in [6.45, 7) is 5.16. The summed E-state index contributed by atoms with van der Waals surface area (Å²) in [5, 5.41) is 21.0. The first-order valence-corrected chi connectivity index (χ1v) is 6.78. The molecule has 0 saturated heterocycles. The maximum atomic E-state index is 11.1. The van der Waals surface area contributed by atoms with Crippen LogP contribution in [0.4, 0.5) is 5.69 Å². The molecule has 2 aromatic rings. The lowest BCUT2D eigenvalue weighted by Gasteiger charge is -2.06. The van der Waals surface area contributed by atoms with Gasteiger partial charge in [-0.15, -0.1) is 0 Å². The predicted molar refractivity (Wildman–Crippen MR) is 73.8 cm³/mol. The molecule has 0 aliphatic carbocycles. The fourth-order valence-corrected chi connectivity index (χ4v) is 2.52. The number of nitro benzene ring substituents is 1. The molecule has 0 aliphatic heterocycles. The predicted octanol–water partition coefficient (Wildman–Crippen LogP) is 3.40. The highest BCUT2D eigenvalue weighted by atomic mass is 32.2. The number of hydrogen-bond acceptors (Lipinski definition) is 6. The molecular formula is C13H14N2O4S. The molecule has 0 saturated carbocycles. The van der Waals surface area contributed by atoms with Gasteiger partial charge in [0.2, 0.25) is 0 Å². The monoisotopic (exact) mass is 294 g/mol. The van der Waals surface area contributed by atoms with Crippen LogP contribution in [0.1, 0.15) is 30.0 Å². The van der Waals surface area contributed by atoms with Crippen LogP contribution in [-0.2, 0) is 0 Å². The summed E-state index contributed by atoms with van der Waals surface area (Å²) in [6.07, 6.45) is -0.751. The summed E-state index contributed by atoms with van der Waals surface area (Å²) in [4.78, 5) is 15.3. The van der Waals surface area contributed by atoms with Crippen LogP contribution in [0.5, 0.6) is 0 Å². The van der Waals surface area contributed by atoms with Gasteiger partial charge in [0.05, 0.1) is 21.6 Å². The van der Waals surface area contributed by atoms with Crippen LogP contribution in [0.15, 0.2) is 32.7 Å². The van der Waals surface area contributed by atoms with Gasteiger partial charge in [-0.3, -0.25) is 10.1 Å². The van der Waals surface area contributed by atoms with Crippen LogP contribution in [0.3, 0.4) is 0 Å². The van der Waals surface area contributed by atoms with E-state index in [1.807, 2.05) is 6.92 Å². The standard InChI is InChI=1S/C13H14N2O4S/c1-7-9(3)19-13(14-7)20-12-5-4-10(8(2)16)6-11(12)15(17)18/h4-6,8,16H,1-3H3/t8-/m0/s1. The van der Waals surface area contributed by atoms with Gasteiger partial charge in [-0.2, -0.15) is 0 Å². The summed E-state index contributed by atoms with van der Waals surface area (Å²) < 4.78 is 5.41. The van der Waals surface area contributed by atoms with Gasteiger partial charge in [0.1, 0.15) is 5.76 Å². The van der Waals surface area contributed by atoms with Gasteiger partial charge in [0, 0.05) is 6.07 Å². The highest BCUT2D eigenvalue weighted by molar-refractivity contribution is 7.99. The highest BCUT2D eigenvalue weighted by Crippen LogP contribution is 2.36. The number of nitro groups is 1. The molecule has 0 unspecified atom stereocenters. The average Bonchev–Trinajstić information content (AvgIpc) is 2.68. The van der Waals surface area contributed by atoms with Gasteiger partial charge in [-0.05, 0) is 44.2 Å². The van der Waals surface area contributed by atoms with Gasteiger partial charge in [0.15, 0.2) is 0 Å². The Labute approximate surface area is 120 Å². The number of hydrogen-bond donors (Lipinski definition) is 1. The topological polar surface area (TPSA) is 89.4 Å². The van der Waals surface area contributed by atoms with Crippen LogP contribution >= 0.6 is 11.8 Å². The SMILES string of the molecule is Cc1nc(Sc2ccc([C@H](C)O)cc2[N+](=O)[O-])oc1C. The van der Waals surface area contributed by atoms with E-state index in [2.05, 4.69) is 4.98 Å². The minimum Gasteiger partial charge on any atom is -0.436 e. The molecule has 6 nitrogen and oxygen atoms in total. The minimum absolute atomic E-state index is 0.0677. The van der Waals surface area contributed by atoms with Crippen molar-refractivity contribution < 1.29 is 14.4 Å². The van der Waals surface area contributed by atoms with Crippen molar-refractivity contribution in [3.8, 4) is 0 Å². The fraction of sp³-hybridized carbons (Fsp3) is 0.308. The zero-order valence-electron chi connectivity index (χ0n) is 11.3. The van der Waals surface area contributed by atoms with E-state index < -0.39 is 11.0 Å². The minimum atomic E-state index is -0.751. The van der Waals surface area contributed by atoms with E-state index in [9.17, 15) is 15.2 Å². The van der Waals surface area contributed by atoms with Crippen molar-refractivity contribution in [1.82, 2.24) is 4.98 Å². The first-order chi connectivity index (χ1) is 9.38. The average molecular weight is 294 g/mol. The van der Waals surface area contributed by atoms with Crippen LogP contribution in [0.2, 0.25) is 0 Å². The summed E-state index contributed by atoms with van der Waals surface area (Å²) in [5.41, 5.74) is 1.19. The first-order valence-electron chi connectivity index (χ1n) is 5.96. The number of rotatable bonds is 4. The number of benzene rings is 1. The Morgan fingerprint density at radius 3 is 2.65 bits per heavy atom. The summed E-state index contributed by atoms with van der Waals surface area (Å²) in [7, 11) is 0. The maximum absolute atomic E-state index is 11.1. The van der Waals surface area contributed by atoms with Gasteiger partial charge < -0.3 is 9.52 Å². The Hall–Kier alpha value is -1.86. The lowest BCUT2D eigenvalue weighted by Crippen LogP contribution is -1.96. The largest absolute Gasteiger partial charge is 0.436 e. The molecule has 1 heterocycles. The van der Waals surface area contributed by atoms with Crippen LogP contribution < -0.4 is 0 Å². The third kappa shape index (κ3) is 3.00. The molecule has 0 spiro atoms. The Kier molecular flexibility index (Phi) is 4.10. The molecule has 1 N–H and O–H groups in total. The number of nitrogens with zero attached hydrogens (tertiary/aromatic N) is 2. The molecule has 0 fully saturated rings. The number of aromatic nitrogens is 1. The van der Waals surface area contributed by atoms with E-state index in [1.165, 1.54) is 6.07 Å². The molecule has 0 amide bonds. The molecule has 7 heteroatoms. The van der Waals surface area contributed by atoms with Crippen LogP contribution in [-0.4, -0.2) is 15.0 Å². The molecule has 0 radical (unpaired) electrons. The summed E-state index contributed by atoms with van der Waals surface area (Å²) >= 11 is 1.10. The fourth-order valence-electron chi connectivity index (χ4n) is 1.60. The molecule has 0 bridgehead atoms. The molecule has 1 aromatic carbocycles. The van der Waals surface area contributed by atoms with Crippen LogP contribution in [0, 0.1) is 24.0 Å². The number of aliphatic hydroxyl groups is 1. The van der Waals surface area contributed by atoms with E-state index in [1.54, 1.807) is 26.0 Å². The van der Waals surface area contributed by atoms with Crippen molar-refractivity contribution in [2.24, 2.45) is 0 Å². The second-order valence-electron chi connectivity index (χ2n) is 4.38. The zero-order chi connectivity index (χ0) is 14.9. The third-order valence-corrected chi connectivity index (χ3v) is 3.78. The first kappa shape index (κ1) is 14.5. The highest BCUT2D eigenvalue weighted by Gasteiger charge is 2.19. The van der Waals surface area contributed by atoms with Gasteiger partial charge in [-0.25, -0.2) is 4.98 Å². The van der Waals surface area contributed by atoms with E-state index >= 15 is 0 Å². The molecular weight excluding hydrogens is 280 g/mol. The zero-order valence-corrected chi connectivity index (χ0v) is 12.1. The number of aryl methyl sites for hydroxylation is 2. The van der Waals surface area contributed by atoms with E-state index in [0.29, 0.717) is 21.4 Å². The quantitative estimate of drug-likeness (QED) is 0.686. The van der Waals surface area contributed by atoms with E-state index in [4.69, 9.17) is 4.42 Å². The van der Waals surface area contributed by atoms with E-state index in [0.717, 1.165) is 17.5 Å². The van der Waals surface area contributed by atoms with Crippen molar-refractivity contribution in [3.05, 3.63) is 45.3 Å². The second-order valence-corrected chi connectivity index (χ2v) is 5.38. The van der Waals surface area contributed by atoms with Crippen molar-refractivity contribution >= 4 is 17.4 Å². The Morgan fingerprint density at radius 1 is 1.45 bits per heavy atom.